The van der Waals surface area contributed by atoms with E-state index in [0.717, 1.165) is 5.56 Å². The van der Waals surface area contributed by atoms with E-state index in [0.29, 0.717) is 16.5 Å². The first-order valence-corrected chi connectivity index (χ1v) is 9.84. The normalized spacial score (nSPS) is 11.3. The predicted octanol–water partition coefficient (Wildman–Crippen LogP) is 5.76. The van der Waals surface area contributed by atoms with Gasteiger partial charge in [0, 0.05) is 5.02 Å². The minimum atomic E-state index is -3.49. The van der Waals surface area contributed by atoms with Crippen molar-refractivity contribution in [3.8, 4) is 11.5 Å². The zero-order chi connectivity index (χ0) is 17.9. The largest absolute Gasteiger partial charge is 0.456 e. The molecular weight excluding hydrogens is 379 g/mol. The van der Waals surface area contributed by atoms with Gasteiger partial charge in [-0.1, -0.05) is 59.6 Å². The summed E-state index contributed by atoms with van der Waals surface area (Å²) in [6.07, 6.45) is 0. The second-order valence-corrected chi connectivity index (χ2v) is 8.23. The molecule has 0 bridgehead atoms. The lowest BCUT2D eigenvalue weighted by Crippen LogP contribution is -2.05. The Balaban J connectivity index is 1.84. The van der Waals surface area contributed by atoms with Crippen molar-refractivity contribution >= 4 is 33.0 Å². The molecule has 0 aliphatic rings. The van der Waals surface area contributed by atoms with Gasteiger partial charge < -0.3 is 4.74 Å². The summed E-state index contributed by atoms with van der Waals surface area (Å²) in [5, 5.41) is 0.754. The van der Waals surface area contributed by atoms with Crippen LogP contribution in [0.1, 0.15) is 5.56 Å². The lowest BCUT2D eigenvalue weighted by molar-refractivity contribution is 0.482. The van der Waals surface area contributed by atoms with Crippen molar-refractivity contribution in [1.29, 1.82) is 0 Å². The Hall–Kier alpha value is -2.01. The molecule has 25 heavy (non-hydrogen) atoms. The number of halogens is 2. The van der Waals surface area contributed by atoms with Gasteiger partial charge in [0.05, 0.1) is 15.7 Å². The van der Waals surface area contributed by atoms with Crippen LogP contribution in [0.4, 0.5) is 0 Å². The van der Waals surface area contributed by atoms with Crippen molar-refractivity contribution in [2.24, 2.45) is 0 Å². The number of benzene rings is 3. The Kier molecular flexibility index (Phi) is 5.33. The minimum Gasteiger partial charge on any atom is -0.456 e. The molecule has 0 amide bonds. The summed E-state index contributed by atoms with van der Waals surface area (Å²) in [5.74, 6) is 0.801. The molecule has 0 spiro atoms. The van der Waals surface area contributed by atoms with Crippen molar-refractivity contribution in [2.75, 3.05) is 0 Å². The molecule has 0 heterocycles. The lowest BCUT2D eigenvalue weighted by atomic mass is 10.2. The average Bonchev–Trinajstić information content (AvgIpc) is 2.57. The standard InChI is InChI=1S/C19H14Cl2O3S/c20-15-7-4-8-16(11-15)24-19-10-9-17(12-18(19)21)25(22,23)13-14-5-2-1-3-6-14/h1-12H,13H2. The fourth-order valence-corrected chi connectivity index (χ4v) is 4.13. The Morgan fingerprint density at radius 1 is 0.840 bits per heavy atom. The van der Waals surface area contributed by atoms with Crippen LogP contribution >= 0.6 is 23.2 Å². The van der Waals surface area contributed by atoms with Crippen LogP contribution in [0.2, 0.25) is 10.0 Å². The molecular formula is C19H14Cl2O3S. The van der Waals surface area contributed by atoms with Crippen molar-refractivity contribution < 1.29 is 13.2 Å². The first-order chi connectivity index (χ1) is 11.9. The fourth-order valence-electron chi connectivity index (χ4n) is 2.29. The maximum Gasteiger partial charge on any atom is 0.182 e. The molecule has 3 aromatic rings. The van der Waals surface area contributed by atoms with Crippen LogP contribution in [0.15, 0.2) is 77.7 Å². The molecule has 6 heteroatoms. The number of sulfone groups is 1. The van der Waals surface area contributed by atoms with Gasteiger partial charge in [0.2, 0.25) is 0 Å². The van der Waals surface area contributed by atoms with Gasteiger partial charge in [-0.3, -0.25) is 0 Å². The smallest absolute Gasteiger partial charge is 0.182 e. The SMILES string of the molecule is O=S(=O)(Cc1ccccc1)c1ccc(Oc2cccc(Cl)c2)c(Cl)c1. The molecule has 0 unspecified atom stereocenters. The summed E-state index contributed by atoms with van der Waals surface area (Å²) in [6, 6.07) is 20.3. The Labute approximate surface area is 156 Å². The van der Waals surface area contributed by atoms with E-state index in [-0.39, 0.29) is 15.7 Å². The van der Waals surface area contributed by atoms with Gasteiger partial charge in [0.1, 0.15) is 11.5 Å². The van der Waals surface area contributed by atoms with Crippen molar-refractivity contribution in [3.05, 3.63) is 88.4 Å². The van der Waals surface area contributed by atoms with Gasteiger partial charge in [-0.25, -0.2) is 8.42 Å². The topological polar surface area (TPSA) is 43.4 Å². The van der Waals surface area contributed by atoms with Crippen molar-refractivity contribution in [3.63, 3.8) is 0 Å². The van der Waals surface area contributed by atoms with Gasteiger partial charge in [-0.05, 0) is 42.0 Å². The van der Waals surface area contributed by atoms with E-state index in [1.54, 1.807) is 54.6 Å². The first kappa shape index (κ1) is 17.8. The number of rotatable bonds is 5. The second kappa shape index (κ2) is 7.48. The predicted molar refractivity (Wildman–Crippen MR) is 100 cm³/mol. The highest BCUT2D eigenvalue weighted by Crippen LogP contribution is 2.33. The highest BCUT2D eigenvalue weighted by molar-refractivity contribution is 7.90. The molecule has 0 radical (unpaired) electrons. The molecule has 0 N–H and O–H groups in total. The molecule has 0 atom stereocenters. The number of hydrogen-bond acceptors (Lipinski definition) is 3. The monoisotopic (exact) mass is 392 g/mol. The Bertz CT molecular complexity index is 987. The third-order valence-electron chi connectivity index (χ3n) is 3.49. The summed E-state index contributed by atoms with van der Waals surface area (Å²) in [4.78, 5) is 0.153. The van der Waals surface area contributed by atoms with Crippen LogP contribution in [0.5, 0.6) is 11.5 Å². The molecule has 128 valence electrons. The van der Waals surface area contributed by atoms with E-state index in [2.05, 4.69) is 0 Å². The van der Waals surface area contributed by atoms with Crippen LogP contribution in [0.3, 0.4) is 0 Å². The summed E-state index contributed by atoms with van der Waals surface area (Å²) in [6.45, 7) is 0. The second-order valence-electron chi connectivity index (χ2n) is 5.40. The highest BCUT2D eigenvalue weighted by atomic mass is 35.5. The number of ether oxygens (including phenoxy) is 1. The van der Waals surface area contributed by atoms with E-state index < -0.39 is 9.84 Å². The van der Waals surface area contributed by atoms with Crippen LogP contribution < -0.4 is 4.74 Å². The third-order valence-corrected chi connectivity index (χ3v) is 5.70. The molecule has 0 saturated heterocycles. The van der Waals surface area contributed by atoms with Gasteiger partial charge in [-0.15, -0.1) is 0 Å². The van der Waals surface area contributed by atoms with Crippen LogP contribution in [0, 0.1) is 0 Å². The van der Waals surface area contributed by atoms with E-state index in [4.69, 9.17) is 27.9 Å². The fraction of sp³-hybridized carbons (Fsp3) is 0.0526. The first-order valence-electron chi connectivity index (χ1n) is 7.44. The lowest BCUT2D eigenvalue weighted by Gasteiger charge is -2.10. The van der Waals surface area contributed by atoms with Crippen molar-refractivity contribution in [1.82, 2.24) is 0 Å². The van der Waals surface area contributed by atoms with Crippen molar-refractivity contribution in [2.45, 2.75) is 10.6 Å². The molecule has 0 saturated carbocycles. The van der Waals surface area contributed by atoms with E-state index in [9.17, 15) is 8.42 Å². The zero-order valence-corrected chi connectivity index (χ0v) is 15.4. The van der Waals surface area contributed by atoms with Gasteiger partial charge in [0.25, 0.3) is 0 Å². The Morgan fingerprint density at radius 3 is 2.28 bits per heavy atom. The zero-order valence-electron chi connectivity index (χ0n) is 13.0. The quantitative estimate of drug-likeness (QED) is 0.554. The highest BCUT2D eigenvalue weighted by Gasteiger charge is 2.17. The summed E-state index contributed by atoms with van der Waals surface area (Å²) < 4.78 is 30.8. The molecule has 0 aromatic heterocycles. The molecule has 3 nitrogen and oxygen atoms in total. The van der Waals surface area contributed by atoms with E-state index >= 15 is 0 Å². The summed E-state index contributed by atoms with van der Waals surface area (Å²) in [7, 11) is -3.49. The molecule has 0 aliphatic heterocycles. The molecule has 3 aromatic carbocycles. The van der Waals surface area contributed by atoms with Gasteiger partial charge in [-0.2, -0.15) is 0 Å². The van der Waals surface area contributed by atoms with Crippen LogP contribution in [0.25, 0.3) is 0 Å². The van der Waals surface area contributed by atoms with E-state index in [1.165, 1.54) is 12.1 Å². The van der Waals surface area contributed by atoms with E-state index in [1.807, 2.05) is 6.07 Å². The van der Waals surface area contributed by atoms with Gasteiger partial charge in [0.15, 0.2) is 9.84 Å². The van der Waals surface area contributed by atoms with Crippen LogP contribution in [-0.2, 0) is 15.6 Å². The average molecular weight is 393 g/mol. The molecule has 0 aliphatic carbocycles. The maximum atomic E-state index is 12.6. The maximum absolute atomic E-state index is 12.6. The summed E-state index contributed by atoms with van der Waals surface area (Å²) in [5.41, 5.74) is 0.720. The number of hydrogen-bond donors (Lipinski definition) is 0. The van der Waals surface area contributed by atoms with Gasteiger partial charge >= 0.3 is 0 Å². The Morgan fingerprint density at radius 2 is 1.60 bits per heavy atom. The van der Waals surface area contributed by atoms with Crippen LogP contribution in [-0.4, -0.2) is 8.42 Å². The molecule has 0 fully saturated rings. The summed E-state index contributed by atoms with van der Waals surface area (Å²) >= 11 is 12.1. The third kappa shape index (κ3) is 4.54. The molecule has 3 rings (SSSR count). The minimum absolute atomic E-state index is 0.0847.